The SMILES string of the molecule is Cc1[nH]c2ccccc2c1C(=O)OCc1nnsc1Cl. The van der Waals surface area contributed by atoms with Crippen molar-refractivity contribution < 1.29 is 9.53 Å². The highest BCUT2D eigenvalue weighted by Gasteiger charge is 2.18. The molecule has 0 bridgehead atoms. The summed E-state index contributed by atoms with van der Waals surface area (Å²) in [7, 11) is 0. The van der Waals surface area contributed by atoms with Crippen LogP contribution in [-0.4, -0.2) is 20.5 Å². The summed E-state index contributed by atoms with van der Waals surface area (Å²) in [6, 6.07) is 7.59. The minimum absolute atomic E-state index is 0.0209. The van der Waals surface area contributed by atoms with Crippen molar-refractivity contribution in [3.63, 3.8) is 0 Å². The van der Waals surface area contributed by atoms with Gasteiger partial charge in [-0.25, -0.2) is 4.79 Å². The first-order valence-corrected chi connectivity index (χ1v) is 7.03. The van der Waals surface area contributed by atoms with Gasteiger partial charge in [0.25, 0.3) is 0 Å². The third-order valence-corrected chi connectivity index (χ3v) is 3.93. The van der Waals surface area contributed by atoms with E-state index < -0.39 is 5.97 Å². The van der Waals surface area contributed by atoms with Crippen molar-refractivity contribution in [2.24, 2.45) is 0 Å². The summed E-state index contributed by atoms with van der Waals surface area (Å²) >= 11 is 6.94. The number of carbonyl (C=O) groups is 1. The molecule has 0 aliphatic rings. The number of halogens is 1. The van der Waals surface area contributed by atoms with Crippen molar-refractivity contribution in [2.45, 2.75) is 13.5 Å². The Morgan fingerprint density at radius 3 is 3.00 bits per heavy atom. The maximum Gasteiger partial charge on any atom is 0.340 e. The van der Waals surface area contributed by atoms with Crippen molar-refractivity contribution >= 4 is 40.0 Å². The molecule has 3 aromatic rings. The van der Waals surface area contributed by atoms with Crippen molar-refractivity contribution in [3.8, 4) is 0 Å². The monoisotopic (exact) mass is 307 g/mol. The molecule has 3 rings (SSSR count). The Morgan fingerprint density at radius 2 is 2.25 bits per heavy atom. The molecule has 20 heavy (non-hydrogen) atoms. The minimum atomic E-state index is -0.399. The van der Waals surface area contributed by atoms with Crippen LogP contribution in [0.1, 0.15) is 21.7 Å². The molecule has 0 atom stereocenters. The van der Waals surface area contributed by atoms with Crippen LogP contribution in [0.3, 0.4) is 0 Å². The highest BCUT2D eigenvalue weighted by atomic mass is 35.5. The van der Waals surface area contributed by atoms with Gasteiger partial charge in [-0.1, -0.05) is 34.3 Å². The van der Waals surface area contributed by atoms with Crippen LogP contribution < -0.4 is 0 Å². The molecule has 0 spiro atoms. The maximum atomic E-state index is 12.2. The van der Waals surface area contributed by atoms with E-state index in [1.807, 2.05) is 31.2 Å². The fourth-order valence-electron chi connectivity index (χ4n) is 2.03. The van der Waals surface area contributed by atoms with E-state index in [4.69, 9.17) is 16.3 Å². The number of benzene rings is 1. The summed E-state index contributed by atoms with van der Waals surface area (Å²) in [5.41, 5.74) is 2.70. The van der Waals surface area contributed by atoms with Crippen LogP contribution in [0.2, 0.25) is 4.34 Å². The van der Waals surface area contributed by atoms with E-state index in [0.717, 1.165) is 28.1 Å². The number of esters is 1. The predicted molar refractivity (Wildman–Crippen MR) is 77.1 cm³/mol. The molecule has 1 aromatic carbocycles. The molecule has 0 unspecified atom stereocenters. The van der Waals surface area contributed by atoms with Gasteiger partial charge in [-0.3, -0.25) is 0 Å². The van der Waals surface area contributed by atoms with Gasteiger partial charge in [0, 0.05) is 28.1 Å². The quantitative estimate of drug-likeness (QED) is 0.754. The molecule has 0 saturated carbocycles. The number of hydrogen-bond donors (Lipinski definition) is 1. The normalized spacial score (nSPS) is 10.9. The van der Waals surface area contributed by atoms with Crippen LogP contribution in [0, 0.1) is 6.92 Å². The fraction of sp³-hybridized carbons (Fsp3) is 0.154. The number of aromatic nitrogens is 3. The van der Waals surface area contributed by atoms with Gasteiger partial charge in [-0.15, -0.1) is 5.10 Å². The third-order valence-electron chi connectivity index (χ3n) is 2.95. The molecule has 0 radical (unpaired) electrons. The molecule has 7 heteroatoms. The minimum Gasteiger partial charge on any atom is -0.455 e. The molecule has 0 aliphatic heterocycles. The highest BCUT2D eigenvalue weighted by Crippen LogP contribution is 2.24. The van der Waals surface area contributed by atoms with Gasteiger partial charge in [0.1, 0.15) is 16.6 Å². The van der Waals surface area contributed by atoms with Crippen molar-refractivity contribution in [3.05, 3.63) is 45.6 Å². The lowest BCUT2D eigenvalue weighted by atomic mass is 10.1. The summed E-state index contributed by atoms with van der Waals surface area (Å²) in [6.07, 6.45) is 0. The molecule has 0 fully saturated rings. The van der Waals surface area contributed by atoms with Crippen LogP contribution in [-0.2, 0) is 11.3 Å². The Kier molecular flexibility index (Phi) is 3.42. The highest BCUT2D eigenvalue weighted by molar-refractivity contribution is 7.10. The maximum absolute atomic E-state index is 12.2. The Labute approximate surface area is 123 Å². The lowest BCUT2D eigenvalue weighted by Gasteiger charge is -2.03. The number of nitrogens with zero attached hydrogens (tertiary/aromatic N) is 2. The van der Waals surface area contributed by atoms with Crippen LogP contribution in [0.4, 0.5) is 0 Å². The average molecular weight is 308 g/mol. The van der Waals surface area contributed by atoms with Gasteiger partial charge in [0.05, 0.1) is 5.56 Å². The zero-order chi connectivity index (χ0) is 14.1. The first kappa shape index (κ1) is 13.1. The van der Waals surface area contributed by atoms with Gasteiger partial charge in [0.2, 0.25) is 0 Å². The van der Waals surface area contributed by atoms with E-state index in [2.05, 4.69) is 14.6 Å². The van der Waals surface area contributed by atoms with Crippen LogP contribution in [0.25, 0.3) is 10.9 Å². The number of ether oxygens (including phenoxy) is 1. The van der Waals surface area contributed by atoms with E-state index in [-0.39, 0.29) is 6.61 Å². The number of nitrogens with one attached hydrogen (secondary N) is 1. The van der Waals surface area contributed by atoms with Crippen molar-refractivity contribution in [2.75, 3.05) is 0 Å². The largest absolute Gasteiger partial charge is 0.455 e. The van der Waals surface area contributed by atoms with Crippen molar-refractivity contribution in [1.82, 2.24) is 14.6 Å². The van der Waals surface area contributed by atoms with E-state index in [0.29, 0.717) is 15.6 Å². The number of hydrogen-bond acceptors (Lipinski definition) is 5. The van der Waals surface area contributed by atoms with Gasteiger partial charge < -0.3 is 9.72 Å². The second-order valence-electron chi connectivity index (χ2n) is 4.24. The Morgan fingerprint density at radius 1 is 1.45 bits per heavy atom. The summed E-state index contributed by atoms with van der Waals surface area (Å²) in [5.74, 6) is -0.399. The number of fused-ring (bicyclic) bond motifs is 1. The second-order valence-corrected chi connectivity index (χ2v) is 5.60. The topological polar surface area (TPSA) is 67.9 Å². The zero-order valence-electron chi connectivity index (χ0n) is 10.5. The molecule has 2 aromatic heterocycles. The van der Waals surface area contributed by atoms with Gasteiger partial charge >= 0.3 is 5.97 Å². The van der Waals surface area contributed by atoms with Crippen LogP contribution in [0.5, 0.6) is 0 Å². The smallest absolute Gasteiger partial charge is 0.340 e. The number of para-hydroxylation sites is 1. The predicted octanol–water partition coefficient (Wildman–Crippen LogP) is 3.34. The van der Waals surface area contributed by atoms with E-state index in [9.17, 15) is 4.79 Å². The van der Waals surface area contributed by atoms with Crippen LogP contribution in [0.15, 0.2) is 24.3 Å². The Balaban J connectivity index is 1.86. The lowest BCUT2D eigenvalue weighted by Crippen LogP contribution is -2.06. The molecule has 2 heterocycles. The standard InChI is InChI=1S/C13H10ClN3O2S/c1-7-11(8-4-2-3-5-9(8)15-7)13(18)19-6-10-12(14)20-17-16-10/h2-5,15H,6H2,1H3. The Bertz CT molecular complexity index is 781. The van der Waals surface area contributed by atoms with E-state index in [1.54, 1.807) is 0 Å². The molecule has 5 nitrogen and oxygen atoms in total. The molecular weight excluding hydrogens is 298 g/mol. The summed E-state index contributed by atoms with van der Waals surface area (Å²) in [5, 5.41) is 4.65. The van der Waals surface area contributed by atoms with Gasteiger partial charge in [-0.2, -0.15) is 0 Å². The molecule has 102 valence electrons. The lowest BCUT2D eigenvalue weighted by molar-refractivity contribution is 0.0469. The number of rotatable bonds is 3. The van der Waals surface area contributed by atoms with Gasteiger partial charge in [0.15, 0.2) is 0 Å². The molecule has 0 amide bonds. The third kappa shape index (κ3) is 2.28. The molecular formula is C13H10ClN3O2S. The van der Waals surface area contributed by atoms with Crippen molar-refractivity contribution in [1.29, 1.82) is 0 Å². The first-order chi connectivity index (χ1) is 9.66. The summed E-state index contributed by atoms with van der Waals surface area (Å²) in [6.45, 7) is 1.86. The van der Waals surface area contributed by atoms with E-state index in [1.165, 1.54) is 0 Å². The first-order valence-electron chi connectivity index (χ1n) is 5.88. The number of H-pyrrole nitrogens is 1. The summed E-state index contributed by atoms with van der Waals surface area (Å²) in [4.78, 5) is 15.4. The Hall–Kier alpha value is -1.92. The van der Waals surface area contributed by atoms with Crippen LogP contribution >= 0.6 is 23.1 Å². The second kappa shape index (κ2) is 5.22. The van der Waals surface area contributed by atoms with E-state index >= 15 is 0 Å². The van der Waals surface area contributed by atoms with Gasteiger partial charge in [-0.05, 0) is 13.0 Å². The molecule has 0 aliphatic carbocycles. The average Bonchev–Trinajstić information content (AvgIpc) is 2.98. The fourth-order valence-corrected chi connectivity index (χ4v) is 2.63. The zero-order valence-corrected chi connectivity index (χ0v) is 12.1. The number of carbonyl (C=O) groups excluding carboxylic acids is 1. The number of aromatic amines is 1. The molecule has 1 N–H and O–H groups in total. The summed E-state index contributed by atoms with van der Waals surface area (Å²) < 4.78 is 9.39. The number of aryl methyl sites for hydroxylation is 1. The molecule has 0 saturated heterocycles.